The number of aromatic hydroxyl groups is 1. The Balaban J connectivity index is 1.78. The summed E-state index contributed by atoms with van der Waals surface area (Å²) in [7, 11) is 1.52. The van der Waals surface area contributed by atoms with Gasteiger partial charge in [-0.2, -0.15) is 0 Å². The number of phenols is 1. The first-order valence-corrected chi connectivity index (χ1v) is 9.99. The van der Waals surface area contributed by atoms with Crippen molar-refractivity contribution < 1.29 is 19.7 Å². The van der Waals surface area contributed by atoms with Gasteiger partial charge in [-0.05, 0) is 49.1 Å². The summed E-state index contributed by atoms with van der Waals surface area (Å²) in [5, 5.41) is 21.4. The molecule has 0 aromatic heterocycles. The molecular formula is C23H27NO4. The van der Waals surface area contributed by atoms with Crippen LogP contribution in [0.15, 0.2) is 48.5 Å². The topological polar surface area (TPSA) is 70.0 Å². The molecule has 1 saturated carbocycles. The average molecular weight is 381 g/mol. The van der Waals surface area contributed by atoms with Crippen molar-refractivity contribution in [1.29, 1.82) is 0 Å². The van der Waals surface area contributed by atoms with Gasteiger partial charge in [-0.3, -0.25) is 4.79 Å². The van der Waals surface area contributed by atoms with Gasteiger partial charge in [-0.1, -0.05) is 37.1 Å². The van der Waals surface area contributed by atoms with Crippen molar-refractivity contribution in [2.75, 3.05) is 13.7 Å². The monoisotopic (exact) mass is 381 g/mol. The molecule has 0 unspecified atom stereocenters. The lowest BCUT2D eigenvalue weighted by atomic mass is 9.66. The minimum atomic E-state index is -0.749. The summed E-state index contributed by atoms with van der Waals surface area (Å²) < 4.78 is 5.30. The van der Waals surface area contributed by atoms with Gasteiger partial charge in [-0.15, -0.1) is 0 Å². The lowest BCUT2D eigenvalue weighted by Crippen LogP contribution is -2.56. The Morgan fingerprint density at radius 1 is 1.14 bits per heavy atom. The van der Waals surface area contributed by atoms with Gasteiger partial charge in [0.05, 0.1) is 18.8 Å². The van der Waals surface area contributed by atoms with Gasteiger partial charge in [0.25, 0.3) is 5.91 Å². The Morgan fingerprint density at radius 2 is 1.93 bits per heavy atom. The second-order valence-corrected chi connectivity index (χ2v) is 7.95. The summed E-state index contributed by atoms with van der Waals surface area (Å²) in [6.45, 7) is 0.509. The minimum absolute atomic E-state index is 0.0229. The van der Waals surface area contributed by atoms with Crippen LogP contribution in [0.5, 0.6) is 11.5 Å². The largest absolute Gasteiger partial charge is 0.504 e. The van der Waals surface area contributed by atoms with E-state index in [-0.39, 0.29) is 23.6 Å². The number of amides is 1. The fraction of sp³-hybridized carbons (Fsp3) is 0.435. The van der Waals surface area contributed by atoms with Crippen LogP contribution in [0.2, 0.25) is 0 Å². The Morgan fingerprint density at radius 3 is 2.68 bits per heavy atom. The maximum absolute atomic E-state index is 13.3. The predicted octanol–water partition coefficient (Wildman–Crippen LogP) is 3.91. The number of benzene rings is 2. The number of phenolic OH excluding ortho intramolecular Hbond substituents is 1. The van der Waals surface area contributed by atoms with Crippen LogP contribution < -0.4 is 4.74 Å². The van der Waals surface area contributed by atoms with Gasteiger partial charge in [0.2, 0.25) is 0 Å². The van der Waals surface area contributed by atoms with Crippen LogP contribution in [0.4, 0.5) is 0 Å². The Kier molecular flexibility index (Phi) is 5.02. The molecule has 2 N–H and O–H groups in total. The SMILES string of the molecule is COc1cc([C@@H]2[C@@H]3CCCC[C@]3(O)CCN2C(=O)c2ccccc2)ccc1O. The van der Waals surface area contributed by atoms with Gasteiger partial charge in [0.1, 0.15) is 0 Å². The number of likely N-dealkylation sites (tertiary alicyclic amines) is 1. The normalized spacial score (nSPS) is 27.1. The average Bonchev–Trinajstić information content (AvgIpc) is 2.73. The zero-order valence-electron chi connectivity index (χ0n) is 16.2. The number of ether oxygens (including phenoxy) is 1. The molecule has 1 aliphatic heterocycles. The van der Waals surface area contributed by atoms with Crippen LogP contribution in [0.1, 0.15) is 54.1 Å². The standard InChI is InChI=1S/C23H27NO4/c1-28-20-15-17(10-11-19(20)25)21-18-9-5-6-12-23(18,27)13-14-24(21)22(26)16-7-3-2-4-8-16/h2-4,7-8,10-11,15,18,21,25,27H,5-6,9,12-14H2,1H3/t18-,21+,23-/m0/s1. The predicted molar refractivity (Wildman–Crippen MR) is 106 cm³/mol. The van der Waals surface area contributed by atoms with E-state index < -0.39 is 5.60 Å². The van der Waals surface area contributed by atoms with Crippen molar-refractivity contribution in [2.45, 2.75) is 43.7 Å². The highest BCUT2D eigenvalue weighted by molar-refractivity contribution is 5.94. The molecule has 4 rings (SSSR count). The molecule has 5 heteroatoms. The molecule has 0 spiro atoms. The molecule has 2 aliphatic rings. The number of carbonyl (C=O) groups is 1. The number of fused-ring (bicyclic) bond motifs is 1. The zero-order chi connectivity index (χ0) is 19.7. The Labute approximate surface area is 165 Å². The van der Waals surface area contributed by atoms with E-state index in [2.05, 4.69) is 0 Å². The summed E-state index contributed by atoms with van der Waals surface area (Å²) in [6.07, 6.45) is 4.32. The highest BCUT2D eigenvalue weighted by Crippen LogP contribution is 2.50. The first-order chi connectivity index (χ1) is 13.5. The van der Waals surface area contributed by atoms with E-state index in [1.807, 2.05) is 41.3 Å². The van der Waals surface area contributed by atoms with E-state index in [9.17, 15) is 15.0 Å². The molecule has 1 heterocycles. The van der Waals surface area contributed by atoms with Crippen molar-refractivity contribution in [1.82, 2.24) is 4.90 Å². The summed E-state index contributed by atoms with van der Waals surface area (Å²) in [6, 6.07) is 14.3. The number of nitrogens with zero attached hydrogens (tertiary/aromatic N) is 1. The molecule has 2 fully saturated rings. The second-order valence-electron chi connectivity index (χ2n) is 7.95. The molecule has 1 amide bonds. The molecule has 1 saturated heterocycles. The zero-order valence-corrected chi connectivity index (χ0v) is 16.2. The Bertz CT molecular complexity index is 853. The third-order valence-electron chi connectivity index (χ3n) is 6.39. The molecule has 5 nitrogen and oxygen atoms in total. The Hall–Kier alpha value is -2.53. The van der Waals surface area contributed by atoms with Crippen LogP contribution in [0.3, 0.4) is 0 Å². The van der Waals surface area contributed by atoms with Crippen LogP contribution in [0, 0.1) is 5.92 Å². The van der Waals surface area contributed by atoms with Crippen LogP contribution >= 0.6 is 0 Å². The second kappa shape index (κ2) is 7.47. The lowest BCUT2D eigenvalue weighted by Gasteiger charge is -2.52. The van der Waals surface area contributed by atoms with E-state index in [4.69, 9.17) is 4.74 Å². The van der Waals surface area contributed by atoms with Crippen LogP contribution in [0.25, 0.3) is 0 Å². The summed E-state index contributed by atoms with van der Waals surface area (Å²) in [5.41, 5.74) is 0.796. The van der Waals surface area contributed by atoms with E-state index in [0.29, 0.717) is 24.3 Å². The van der Waals surface area contributed by atoms with Crippen LogP contribution in [-0.2, 0) is 0 Å². The molecule has 1 aliphatic carbocycles. The number of rotatable bonds is 3. The molecule has 3 atom stereocenters. The maximum Gasteiger partial charge on any atom is 0.254 e. The van der Waals surface area contributed by atoms with Crippen molar-refractivity contribution in [2.24, 2.45) is 5.92 Å². The smallest absolute Gasteiger partial charge is 0.254 e. The highest BCUT2D eigenvalue weighted by Gasteiger charge is 2.50. The van der Waals surface area contributed by atoms with Gasteiger partial charge < -0.3 is 19.8 Å². The maximum atomic E-state index is 13.3. The third kappa shape index (κ3) is 3.24. The van der Waals surface area contributed by atoms with Crippen molar-refractivity contribution in [3.63, 3.8) is 0 Å². The minimum Gasteiger partial charge on any atom is -0.504 e. The summed E-state index contributed by atoms with van der Waals surface area (Å²) in [4.78, 5) is 15.2. The molecule has 148 valence electrons. The highest BCUT2D eigenvalue weighted by atomic mass is 16.5. The third-order valence-corrected chi connectivity index (χ3v) is 6.39. The van der Waals surface area contributed by atoms with Crippen molar-refractivity contribution in [3.05, 3.63) is 59.7 Å². The van der Waals surface area contributed by atoms with E-state index in [1.165, 1.54) is 7.11 Å². The fourth-order valence-electron chi connectivity index (χ4n) is 4.95. The van der Waals surface area contributed by atoms with E-state index in [0.717, 1.165) is 31.2 Å². The summed E-state index contributed by atoms with van der Waals surface area (Å²) >= 11 is 0. The first kappa shape index (κ1) is 18.8. The van der Waals surface area contributed by atoms with Gasteiger partial charge >= 0.3 is 0 Å². The molecule has 28 heavy (non-hydrogen) atoms. The lowest BCUT2D eigenvalue weighted by molar-refractivity contribution is -0.115. The first-order valence-electron chi connectivity index (χ1n) is 9.99. The van der Waals surface area contributed by atoms with Crippen LogP contribution in [-0.4, -0.2) is 40.3 Å². The number of piperidine rings is 1. The van der Waals surface area contributed by atoms with Crippen molar-refractivity contribution >= 4 is 5.91 Å². The number of carbonyl (C=O) groups excluding carboxylic acids is 1. The van der Waals surface area contributed by atoms with E-state index >= 15 is 0 Å². The van der Waals surface area contributed by atoms with E-state index in [1.54, 1.807) is 12.1 Å². The van der Waals surface area contributed by atoms with Gasteiger partial charge in [0.15, 0.2) is 11.5 Å². The number of hydrogen-bond donors (Lipinski definition) is 2. The van der Waals surface area contributed by atoms with Gasteiger partial charge in [-0.25, -0.2) is 0 Å². The molecule has 2 aromatic rings. The van der Waals surface area contributed by atoms with Crippen molar-refractivity contribution in [3.8, 4) is 11.5 Å². The number of methoxy groups -OCH3 is 1. The molecule has 0 radical (unpaired) electrons. The molecular weight excluding hydrogens is 354 g/mol. The summed E-state index contributed by atoms with van der Waals surface area (Å²) in [5.74, 6) is 0.401. The number of hydrogen-bond acceptors (Lipinski definition) is 4. The van der Waals surface area contributed by atoms with Gasteiger partial charge in [0, 0.05) is 18.0 Å². The fourth-order valence-corrected chi connectivity index (χ4v) is 4.95. The molecule has 2 aromatic carbocycles. The quantitative estimate of drug-likeness (QED) is 0.846. The number of aliphatic hydroxyl groups is 1. The molecule has 0 bridgehead atoms.